The van der Waals surface area contributed by atoms with Crippen molar-refractivity contribution in [3.05, 3.63) is 45.9 Å². The Hall–Kier alpha value is -1.53. The van der Waals surface area contributed by atoms with Crippen LogP contribution in [0.4, 0.5) is 0 Å². The third kappa shape index (κ3) is 7.67. The molecule has 0 saturated heterocycles. The lowest BCUT2D eigenvalue weighted by Gasteiger charge is -2.16. The molecule has 0 aliphatic heterocycles. The number of thiazole rings is 1. The second kappa shape index (κ2) is 12.9. The van der Waals surface area contributed by atoms with Crippen LogP contribution in [0.15, 0.2) is 40.2 Å². The van der Waals surface area contributed by atoms with Gasteiger partial charge in [-0.15, -0.1) is 35.3 Å². The molecule has 0 bridgehead atoms. The fraction of sp³-hybridized carbons (Fsp3) is 0.421. The number of nitrogens with one attached hydrogen (secondary N) is 2. The highest BCUT2D eigenvalue weighted by molar-refractivity contribution is 14.0. The monoisotopic (exact) mass is 550 g/mol. The van der Waals surface area contributed by atoms with Gasteiger partial charge < -0.3 is 15.4 Å². The fourth-order valence-corrected chi connectivity index (χ4v) is 4.35. The van der Waals surface area contributed by atoms with E-state index in [0.29, 0.717) is 35.4 Å². The molecule has 29 heavy (non-hydrogen) atoms. The van der Waals surface area contributed by atoms with Crippen LogP contribution >= 0.6 is 35.3 Å². The molecule has 0 aliphatic rings. The summed E-state index contributed by atoms with van der Waals surface area (Å²) in [5, 5.41) is 7.18. The zero-order chi connectivity index (χ0) is 20.5. The Bertz CT molecular complexity index is 843. The van der Waals surface area contributed by atoms with Crippen molar-refractivity contribution in [2.45, 2.75) is 31.7 Å². The summed E-state index contributed by atoms with van der Waals surface area (Å²) in [4.78, 5) is 22.0. The number of carbonyl (C=O) groups excluding carboxylic acids is 1. The largest absolute Gasteiger partial charge is 0.462 e. The predicted molar refractivity (Wildman–Crippen MR) is 129 cm³/mol. The summed E-state index contributed by atoms with van der Waals surface area (Å²) in [6.07, 6.45) is 0. The minimum Gasteiger partial charge on any atom is -0.462 e. The van der Waals surface area contributed by atoms with E-state index in [9.17, 15) is 9.00 Å². The van der Waals surface area contributed by atoms with Crippen LogP contribution in [0.25, 0.3) is 0 Å². The fourth-order valence-electron chi connectivity index (χ4n) is 2.40. The van der Waals surface area contributed by atoms with Crippen LogP contribution < -0.4 is 10.6 Å². The molecule has 2 rings (SSSR count). The SMILES string of the molecule is CCOC(=O)c1sc(C(C)NC(=NC)NCCS(=O)c2ccccc2)nc1C.I. The van der Waals surface area contributed by atoms with Crippen molar-refractivity contribution in [3.63, 3.8) is 0 Å². The van der Waals surface area contributed by atoms with Crippen LogP contribution in [0.2, 0.25) is 0 Å². The first kappa shape index (κ1) is 25.5. The van der Waals surface area contributed by atoms with E-state index < -0.39 is 10.8 Å². The highest BCUT2D eigenvalue weighted by atomic mass is 127. The number of benzene rings is 1. The van der Waals surface area contributed by atoms with Gasteiger partial charge in [0.05, 0.1) is 29.1 Å². The van der Waals surface area contributed by atoms with Crippen LogP contribution in [0.3, 0.4) is 0 Å². The number of hydrogen-bond donors (Lipinski definition) is 2. The first-order valence-electron chi connectivity index (χ1n) is 9.01. The van der Waals surface area contributed by atoms with Gasteiger partial charge in [0.1, 0.15) is 9.88 Å². The third-order valence-corrected chi connectivity index (χ3v) is 6.50. The van der Waals surface area contributed by atoms with E-state index in [-0.39, 0.29) is 36.0 Å². The molecule has 0 aliphatic carbocycles. The Morgan fingerprint density at radius 1 is 1.34 bits per heavy atom. The quantitative estimate of drug-likeness (QED) is 0.227. The Morgan fingerprint density at radius 3 is 2.66 bits per heavy atom. The first-order chi connectivity index (χ1) is 13.5. The molecule has 1 aromatic carbocycles. The molecule has 160 valence electrons. The molecule has 2 N–H and O–H groups in total. The van der Waals surface area contributed by atoms with Gasteiger partial charge in [0, 0.05) is 24.2 Å². The second-order valence-electron chi connectivity index (χ2n) is 5.91. The Morgan fingerprint density at radius 2 is 2.03 bits per heavy atom. The van der Waals surface area contributed by atoms with Gasteiger partial charge in [-0.3, -0.25) is 9.20 Å². The normalized spacial score (nSPS) is 13.2. The van der Waals surface area contributed by atoms with Gasteiger partial charge in [-0.25, -0.2) is 9.78 Å². The lowest BCUT2D eigenvalue weighted by atomic mass is 10.3. The number of esters is 1. The van der Waals surface area contributed by atoms with Gasteiger partial charge >= 0.3 is 5.97 Å². The number of guanidine groups is 1. The lowest BCUT2D eigenvalue weighted by molar-refractivity contribution is 0.0531. The molecule has 0 spiro atoms. The number of nitrogens with zero attached hydrogens (tertiary/aromatic N) is 2. The number of ether oxygens (including phenoxy) is 1. The van der Waals surface area contributed by atoms with Crippen molar-refractivity contribution in [2.75, 3.05) is 26.0 Å². The van der Waals surface area contributed by atoms with Crippen LogP contribution in [0, 0.1) is 6.92 Å². The standard InChI is InChI=1S/C19H26N4O3S2.HI/c1-5-26-18(24)16-13(2)22-17(27-16)14(3)23-19(20-4)21-11-12-28(25)15-9-7-6-8-10-15;/h6-10,14H,5,11-12H2,1-4H3,(H2,20,21,23);1H. The van der Waals surface area contributed by atoms with Gasteiger partial charge in [0.15, 0.2) is 5.96 Å². The number of aryl methyl sites for hydroxylation is 1. The first-order valence-corrected chi connectivity index (χ1v) is 11.1. The van der Waals surface area contributed by atoms with E-state index in [1.807, 2.05) is 37.3 Å². The van der Waals surface area contributed by atoms with E-state index in [1.54, 1.807) is 20.9 Å². The number of carbonyl (C=O) groups is 1. The van der Waals surface area contributed by atoms with E-state index in [0.717, 1.165) is 9.90 Å². The number of halogens is 1. The predicted octanol–water partition coefficient (Wildman–Crippen LogP) is 3.28. The maximum atomic E-state index is 12.3. The minimum atomic E-state index is -1.06. The molecule has 2 atom stereocenters. The summed E-state index contributed by atoms with van der Waals surface area (Å²) in [5.41, 5.74) is 0.660. The van der Waals surface area contributed by atoms with Crippen LogP contribution in [-0.4, -0.2) is 47.1 Å². The van der Waals surface area contributed by atoms with E-state index >= 15 is 0 Å². The molecule has 0 radical (unpaired) electrons. The highest BCUT2D eigenvalue weighted by Crippen LogP contribution is 2.24. The topological polar surface area (TPSA) is 92.7 Å². The van der Waals surface area contributed by atoms with E-state index in [1.165, 1.54) is 11.3 Å². The molecule has 0 saturated carbocycles. The highest BCUT2D eigenvalue weighted by Gasteiger charge is 2.20. The summed E-state index contributed by atoms with van der Waals surface area (Å²) in [6.45, 7) is 6.37. The average molecular weight is 550 g/mol. The second-order valence-corrected chi connectivity index (χ2v) is 8.52. The van der Waals surface area contributed by atoms with Gasteiger partial charge in [-0.1, -0.05) is 18.2 Å². The smallest absolute Gasteiger partial charge is 0.350 e. The van der Waals surface area contributed by atoms with Crippen molar-refractivity contribution >= 4 is 58.0 Å². The maximum Gasteiger partial charge on any atom is 0.350 e. The molecule has 1 aromatic heterocycles. The number of hydrogen-bond acceptors (Lipinski definition) is 6. The molecule has 10 heteroatoms. The molecule has 7 nitrogen and oxygen atoms in total. The van der Waals surface area contributed by atoms with Crippen LogP contribution in [0.5, 0.6) is 0 Å². The summed E-state index contributed by atoms with van der Waals surface area (Å²) >= 11 is 1.31. The van der Waals surface area contributed by atoms with Crippen molar-refractivity contribution in [2.24, 2.45) is 4.99 Å². The molecule has 2 unspecified atom stereocenters. The van der Waals surface area contributed by atoms with Crippen molar-refractivity contribution in [3.8, 4) is 0 Å². The molecular formula is C19H27IN4O3S2. The average Bonchev–Trinajstić information content (AvgIpc) is 3.09. The number of rotatable bonds is 8. The van der Waals surface area contributed by atoms with Crippen LogP contribution in [-0.2, 0) is 15.5 Å². The lowest BCUT2D eigenvalue weighted by Crippen LogP contribution is -2.40. The number of aromatic nitrogens is 1. The van der Waals surface area contributed by atoms with Gasteiger partial charge in [0.25, 0.3) is 0 Å². The van der Waals surface area contributed by atoms with Gasteiger partial charge in [-0.2, -0.15) is 0 Å². The molecule has 0 fully saturated rings. The van der Waals surface area contributed by atoms with Gasteiger partial charge in [0.2, 0.25) is 0 Å². The Kier molecular flexibility index (Phi) is 11.4. The summed E-state index contributed by atoms with van der Waals surface area (Å²) in [6, 6.07) is 9.23. The van der Waals surface area contributed by atoms with E-state index in [2.05, 4.69) is 20.6 Å². The Balaban J connectivity index is 0.00000420. The van der Waals surface area contributed by atoms with Crippen molar-refractivity contribution in [1.29, 1.82) is 0 Å². The molecule has 0 amide bonds. The summed E-state index contributed by atoms with van der Waals surface area (Å²) in [7, 11) is 0.609. The minimum absolute atomic E-state index is 0. The number of aliphatic imine (C=N–C) groups is 1. The maximum absolute atomic E-state index is 12.3. The summed E-state index contributed by atoms with van der Waals surface area (Å²) < 4.78 is 17.3. The van der Waals surface area contributed by atoms with Crippen molar-refractivity contribution in [1.82, 2.24) is 15.6 Å². The molecule has 2 aromatic rings. The summed E-state index contributed by atoms with van der Waals surface area (Å²) in [5.74, 6) is 0.715. The molecule has 1 heterocycles. The zero-order valence-electron chi connectivity index (χ0n) is 16.9. The van der Waals surface area contributed by atoms with Crippen LogP contribution in [0.1, 0.15) is 40.3 Å². The van der Waals surface area contributed by atoms with Gasteiger partial charge in [-0.05, 0) is 32.9 Å². The van der Waals surface area contributed by atoms with Crippen molar-refractivity contribution < 1.29 is 13.7 Å². The zero-order valence-corrected chi connectivity index (χ0v) is 20.9. The third-order valence-electron chi connectivity index (χ3n) is 3.81. The van der Waals surface area contributed by atoms with E-state index in [4.69, 9.17) is 4.74 Å². The molecular weight excluding hydrogens is 523 g/mol. The Labute approximate surface area is 195 Å².